The summed E-state index contributed by atoms with van der Waals surface area (Å²) in [7, 11) is 0. The fourth-order valence-corrected chi connectivity index (χ4v) is 2.23. The lowest BCUT2D eigenvalue weighted by molar-refractivity contribution is -0.116. The van der Waals surface area contributed by atoms with Crippen LogP contribution >= 0.6 is 0 Å². The van der Waals surface area contributed by atoms with Gasteiger partial charge in [-0.3, -0.25) is 4.79 Å². The molecule has 2 aromatic carbocycles. The van der Waals surface area contributed by atoms with Crippen molar-refractivity contribution < 1.29 is 9.59 Å². The summed E-state index contributed by atoms with van der Waals surface area (Å²) in [6.45, 7) is 1.96. The fourth-order valence-electron chi connectivity index (χ4n) is 2.23. The van der Waals surface area contributed by atoms with Crippen molar-refractivity contribution in [2.24, 2.45) is 5.73 Å². The lowest BCUT2D eigenvalue weighted by Gasteiger charge is -2.17. The molecule has 0 aromatic heterocycles. The molecule has 4 N–H and O–H groups in total. The first-order valence-corrected chi connectivity index (χ1v) is 7.02. The van der Waals surface area contributed by atoms with Crippen LogP contribution in [0.25, 0.3) is 0 Å². The summed E-state index contributed by atoms with van der Waals surface area (Å²) in [5, 5.41) is 5.43. The third kappa shape index (κ3) is 4.63. The van der Waals surface area contributed by atoms with Crippen LogP contribution in [0.4, 0.5) is 10.5 Å². The maximum Gasteiger partial charge on any atom is 0.312 e. The van der Waals surface area contributed by atoms with Crippen LogP contribution in [0.15, 0.2) is 54.6 Å². The highest BCUT2D eigenvalue weighted by atomic mass is 16.2. The Kier molecular flexibility index (Phi) is 5.14. The van der Waals surface area contributed by atoms with Gasteiger partial charge in [0, 0.05) is 5.69 Å². The van der Waals surface area contributed by atoms with Crippen LogP contribution in [0.3, 0.4) is 0 Å². The molecule has 2 rings (SSSR count). The number of carbonyl (C=O) groups is 2. The van der Waals surface area contributed by atoms with Gasteiger partial charge in [0.25, 0.3) is 0 Å². The first-order valence-electron chi connectivity index (χ1n) is 7.02. The average Bonchev–Trinajstić information content (AvgIpc) is 2.47. The van der Waals surface area contributed by atoms with Gasteiger partial charge < -0.3 is 16.4 Å². The Balaban J connectivity index is 2.06. The second-order valence-electron chi connectivity index (χ2n) is 5.09. The number of hydrogen-bond donors (Lipinski definition) is 3. The van der Waals surface area contributed by atoms with E-state index in [1.165, 1.54) is 0 Å². The monoisotopic (exact) mass is 297 g/mol. The molecule has 2 aromatic rings. The summed E-state index contributed by atoms with van der Waals surface area (Å²) < 4.78 is 0. The maximum atomic E-state index is 12.2. The molecular weight excluding hydrogens is 278 g/mol. The van der Waals surface area contributed by atoms with E-state index in [4.69, 9.17) is 5.73 Å². The molecule has 0 aliphatic carbocycles. The standard InChI is InChI=1S/C17H19N3O2/c1-12-6-5-9-14(10-12)19-16(21)11-15(20-17(18)22)13-7-3-2-4-8-13/h2-10,15H,11H2,1H3,(H,19,21)(H3,18,20,22). The number of carbonyl (C=O) groups excluding carboxylic acids is 2. The van der Waals surface area contributed by atoms with Gasteiger partial charge in [0.1, 0.15) is 0 Å². The van der Waals surface area contributed by atoms with Crippen LogP contribution in [0, 0.1) is 6.92 Å². The number of primary amides is 1. The molecule has 1 atom stereocenters. The quantitative estimate of drug-likeness (QED) is 0.792. The molecule has 0 fully saturated rings. The summed E-state index contributed by atoms with van der Waals surface area (Å²) >= 11 is 0. The number of nitrogens with one attached hydrogen (secondary N) is 2. The predicted molar refractivity (Wildman–Crippen MR) is 86.3 cm³/mol. The smallest absolute Gasteiger partial charge is 0.312 e. The van der Waals surface area contributed by atoms with Crippen LogP contribution in [-0.4, -0.2) is 11.9 Å². The van der Waals surface area contributed by atoms with E-state index in [0.717, 1.165) is 16.8 Å². The first-order chi connectivity index (χ1) is 10.5. The van der Waals surface area contributed by atoms with E-state index in [1.54, 1.807) is 0 Å². The molecule has 0 aliphatic heterocycles. The Hall–Kier alpha value is -2.82. The van der Waals surface area contributed by atoms with Crippen molar-refractivity contribution in [1.82, 2.24) is 5.32 Å². The second kappa shape index (κ2) is 7.26. The molecular formula is C17H19N3O2. The predicted octanol–water partition coefficient (Wildman–Crippen LogP) is 2.73. The molecule has 0 radical (unpaired) electrons. The van der Waals surface area contributed by atoms with E-state index < -0.39 is 12.1 Å². The van der Waals surface area contributed by atoms with Crippen molar-refractivity contribution in [3.63, 3.8) is 0 Å². The number of urea groups is 1. The third-order valence-corrected chi connectivity index (χ3v) is 3.21. The van der Waals surface area contributed by atoms with E-state index in [-0.39, 0.29) is 12.3 Å². The zero-order valence-electron chi connectivity index (χ0n) is 12.4. The molecule has 0 spiro atoms. The molecule has 0 heterocycles. The fraction of sp³-hybridized carbons (Fsp3) is 0.176. The van der Waals surface area contributed by atoms with Gasteiger partial charge in [0.2, 0.25) is 5.91 Å². The van der Waals surface area contributed by atoms with Gasteiger partial charge in [0.05, 0.1) is 12.5 Å². The highest BCUT2D eigenvalue weighted by Gasteiger charge is 2.17. The largest absolute Gasteiger partial charge is 0.352 e. The second-order valence-corrected chi connectivity index (χ2v) is 5.09. The maximum absolute atomic E-state index is 12.2. The zero-order chi connectivity index (χ0) is 15.9. The van der Waals surface area contributed by atoms with Crippen LogP contribution in [0.1, 0.15) is 23.6 Å². The molecule has 114 valence electrons. The highest BCUT2D eigenvalue weighted by Crippen LogP contribution is 2.18. The lowest BCUT2D eigenvalue weighted by Crippen LogP contribution is -2.35. The van der Waals surface area contributed by atoms with E-state index in [2.05, 4.69) is 10.6 Å². The number of nitrogens with two attached hydrogens (primary N) is 1. The van der Waals surface area contributed by atoms with E-state index in [1.807, 2.05) is 61.5 Å². The molecule has 0 saturated heterocycles. The molecule has 22 heavy (non-hydrogen) atoms. The minimum Gasteiger partial charge on any atom is -0.352 e. The summed E-state index contributed by atoms with van der Waals surface area (Å²) in [5.74, 6) is -0.187. The Morgan fingerprint density at radius 1 is 1.09 bits per heavy atom. The molecule has 0 bridgehead atoms. The van der Waals surface area contributed by atoms with Crippen molar-refractivity contribution in [3.05, 3.63) is 65.7 Å². The van der Waals surface area contributed by atoms with Gasteiger partial charge in [-0.15, -0.1) is 0 Å². The minimum absolute atomic E-state index is 0.112. The van der Waals surface area contributed by atoms with Gasteiger partial charge in [0.15, 0.2) is 0 Å². The Morgan fingerprint density at radius 2 is 1.82 bits per heavy atom. The first kappa shape index (κ1) is 15.6. The Bertz CT molecular complexity index is 656. The van der Waals surface area contributed by atoms with Crippen LogP contribution in [0.2, 0.25) is 0 Å². The third-order valence-electron chi connectivity index (χ3n) is 3.21. The lowest BCUT2D eigenvalue weighted by atomic mass is 10.0. The summed E-state index contributed by atoms with van der Waals surface area (Å²) in [5.41, 5.74) is 7.83. The number of hydrogen-bond acceptors (Lipinski definition) is 2. The van der Waals surface area contributed by atoms with Gasteiger partial charge >= 0.3 is 6.03 Å². The van der Waals surface area contributed by atoms with Crippen LogP contribution in [0.5, 0.6) is 0 Å². The molecule has 0 saturated carbocycles. The summed E-state index contributed by atoms with van der Waals surface area (Å²) in [6, 6.07) is 15.7. The van der Waals surface area contributed by atoms with Crippen molar-refractivity contribution in [3.8, 4) is 0 Å². The van der Waals surface area contributed by atoms with Crippen molar-refractivity contribution in [1.29, 1.82) is 0 Å². The number of amides is 3. The van der Waals surface area contributed by atoms with Crippen LogP contribution in [-0.2, 0) is 4.79 Å². The number of rotatable bonds is 5. The van der Waals surface area contributed by atoms with E-state index in [9.17, 15) is 9.59 Å². The van der Waals surface area contributed by atoms with Gasteiger partial charge in [-0.1, -0.05) is 42.5 Å². The van der Waals surface area contributed by atoms with Gasteiger partial charge in [-0.25, -0.2) is 4.79 Å². The number of benzene rings is 2. The van der Waals surface area contributed by atoms with Crippen molar-refractivity contribution in [2.45, 2.75) is 19.4 Å². The van der Waals surface area contributed by atoms with E-state index in [0.29, 0.717) is 0 Å². The molecule has 5 nitrogen and oxygen atoms in total. The minimum atomic E-state index is -0.655. The summed E-state index contributed by atoms with van der Waals surface area (Å²) in [4.78, 5) is 23.3. The summed E-state index contributed by atoms with van der Waals surface area (Å²) in [6.07, 6.45) is 0.112. The van der Waals surface area contributed by atoms with Crippen molar-refractivity contribution >= 4 is 17.6 Å². The zero-order valence-corrected chi connectivity index (χ0v) is 12.4. The molecule has 5 heteroatoms. The molecule has 0 aliphatic rings. The number of anilines is 1. The SMILES string of the molecule is Cc1cccc(NC(=O)CC(NC(N)=O)c2ccccc2)c1. The topological polar surface area (TPSA) is 84.2 Å². The van der Waals surface area contributed by atoms with Gasteiger partial charge in [-0.2, -0.15) is 0 Å². The Morgan fingerprint density at radius 3 is 2.45 bits per heavy atom. The molecule has 3 amide bonds. The van der Waals surface area contributed by atoms with Crippen molar-refractivity contribution in [2.75, 3.05) is 5.32 Å². The normalized spacial score (nSPS) is 11.5. The Labute approximate surface area is 129 Å². The highest BCUT2D eigenvalue weighted by molar-refractivity contribution is 5.91. The van der Waals surface area contributed by atoms with Gasteiger partial charge in [-0.05, 0) is 30.2 Å². The van der Waals surface area contributed by atoms with Crippen LogP contribution < -0.4 is 16.4 Å². The van der Waals surface area contributed by atoms with E-state index >= 15 is 0 Å². The molecule has 1 unspecified atom stereocenters. The number of aryl methyl sites for hydroxylation is 1. The average molecular weight is 297 g/mol.